The maximum atomic E-state index is 8.97. The third kappa shape index (κ3) is 897. The molecule has 0 aromatic carbocycles. The van der Waals surface area contributed by atoms with Crippen LogP contribution in [0.3, 0.4) is 0 Å². The van der Waals surface area contributed by atoms with E-state index in [1.54, 1.807) is 0 Å². The Morgan fingerprint density at radius 2 is 1.20 bits per heavy atom. The molecule has 0 aliphatic carbocycles. The van der Waals surface area contributed by atoms with Gasteiger partial charge in [-0.1, -0.05) is 0 Å². The van der Waals surface area contributed by atoms with Crippen LogP contribution < -0.4 is 29.6 Å². The van der Waals surface area contributed by atoms with E-state index in [2.05, 4.69) is 0 Å². The molecule has 0 aliphatic rings. The summed E-state index contributed by atoms with van der Waals surface area (Å²) in [5.41, 5.74) is 0. The molecular formula is CH6NaO7Sb. The first-order valence-corrected chi connectivity index (χ1v) is 5.90. The standard InChI is InChI=1S/CH2O3.Na.3H2O.O.Sb.H/c2-1(3)4;;;;;;;/h(H2,2,3,4);;3*1H2;;;/q;+1;;;;;+3;-1/p-3. The van der Waals surface area contributed by atoms with Crippen molar-refractivity contribution in [3.8, 4) is 0 Å². The number of rotatable bonds is 0. The molecule has 0 heterocycles. The van der Waals surface area contributed by atoms with Crippen molar-refractivity contribution in [1.29, 1.82) is 0 Å². The number of hydrogen-bond acceptors (Lipinski definition) is 2. The zero-order chi connectivity index (χ0) is 8.08. The van der Waals surface area contributed by atoms with Crippen molar-refractivity contribution in [2.75, 3.05) is 0 Å². The monoisotopic (exact) mass is 274 g/mol. The summed E-state index contributed by atoms with van der Waals surface area (Å²) >= 11 is -5.35. The van der Waals surface area contributed by atoms with Gasteiger partial charge in [0.15, 0.2) is 0 Å². The Kier molecular flexibility index (Phi) is 13.4. The molecule has 5 N–H and O–H groups in total. The van der Waals surface area contributed by atoms with Gasteiger partial charge in [0.2, 0.25) is 0 Å². The molecule has 7 nitrogen and oxygen atoms in total. The van der Waals surface area contributed by atoms with Crippen LogP contribution in [0.4, 0.5) is 4.79 Å². The van der Waals surface area contributed by atoms with Gasteiger partial charge >= 0.3 is 68.9 Å². The molecule has 0 aromatic heterocycles. The molecule has 0 bridgehead atoms. The second-order valence-electron chi connectivity index (χ2n) is 0.796. The Bertz CT molecular complexity index is 118. The van der Waals surface area contributed by atoms with Gasteiger partial charge in [-0.05, 0) is 0 Å². The molecule has 0 aromatic rings. The normalized spacial score (nSPS) is 8.30. The first-order chi connectivity index (χ1) is 3.73. The summed E-state index contributed by atoms with van der Waals surface area (Å²) in [4.78, 5) is 8.56. The van der Waals surface area contributed by atoms with Crippen LogP contribution in [0.5, 0.6) is 0 Å². The van der Waals surface area contributed by atoms with Crippen LogP contribution in [0.25, 0.3) is 0 Å². The molecule has 0 amide bonds. The van der Waals surface area contributed by atoms with Gasteiger partial charge in [-0.3, -0.25) is 0 Å². The van der Waals surface area contributed by atoms with Crippen molar-refractivity contribution in [2.45, 2.75) is 0 Å². The summed E-state index contributed by atoms with van der Waals surface area (Å²) in [6.07, 6.45) is -1.83. The van der Waals surface area contributed by atoms with Crippen molar-refractivity contribution >= 4 is 26.2 Å². The molecule has 0 atom stereocenters. The summed E-state index contributed by atoms with van der Waals surface area (Å²) in [5.74, 6) is 0. The quantitative estimate of drug-likeness (QED) is 0.280. The van der Waals surface area contributed by atoms with E-state index in [0.717, 1.165) is 0 Å². The Hall–Kier alpha value is 0.768. The SMILES string of the molecule is O=C(O)O.[H-].[Na+].[O]=[Sb]([OH])([OH])[OH]. The van der Waals surface area contributed by atoms with E-state index in [4.69, 9.17) is 28.2 Å². The molecule has 0 saturated carbocycles. The van der Waals surface area contributed by atoms with Gasteiger partial charge in [0.05, 0.1) is 0 Å². The summed E-state index contributed by atoms with van der Waals surface area (Å²) in [5, 5.41) is 13.9. The molecular weight excluding hydrogens is 269 g/mol. The van der Waals surface area contributed by atoms with Crippen LogP contribution in [0.2, 0.25) is 0 Å². The van der Waals surface area contributed by atoms with Gasteiger partial charge in [0, 0.05) is 0 Å². The van der Waals surface area contributed by atoms with Crippen LogP contribution in [0.15, 0.2) is 0 Å². The van der Waals surface area contributed by atoms with Crippen LogP contribution in [0, 0.1) is 0 Å². The topological polar surface area (TPSA) is 135 Å². The van der Waals surface area contributed by atoms with Crippen LogP contribution in [-0.2, 0) is 3.02 Å². The molecule has 0 unspecified atom stereocenters. The predicted octanol–water partition coefficient (Wildman–Crippen LogP) is -4.83. The predicted molar refractivity (Wildman–Crippen MR) is 24.9 cm³/mol. The van der Waals surface area contributed by atoms with E-state index in [-0.39, 0.29) is 31.0 Å². The van der Waals surface area contributed by atoms with Gasteiger partial charge in [0.25, 0.3) is 0 Å². The molecule has 0 radical (unpaired) electrons. The third-order valence-electron chi connectivity index (χ3n) is 0. The number of carboxylic acid groups (broad SMARTS) is 2. The van der Waals surface area contributed by atoms with E-state index in [0.29, 0.717) is 0 Å². The fourth-order valence-electron chi connectivity index (χ4n) is 0. The van der Waals surface area contributed by atoms with E-state index in [9.17, 15) is 0 Å². The average molecular weight is 275 g/mol. The van der Waals surface area contributed by atoms with Gasteiger partial charge in [0.1, 0.15) is 0 Å². The van der Waals surface area contributed by atoms with Crippen molar-refractivity contribution < 1.29 is 59.2 Å². The molecule has 0 aliphatic heterocycles. The van der Waals surface area contributed by atoms with E-state index in [1.165, 1.54) is 0 Å². The molecule has 0 rings (SSSR count). The summed E-state index contributed by atoms with van der Waals surface area (Å²) in [7, 11) is 0. The maximum absolute atomic E-state index is 8.97. The number of hydrogen-bond donors (Lipinski definition) is 5. The Balaban J connectivity index is -0.0000000383. The molecule has 0 spiro atoms. The second kappa shape index (κ2) is 7.87. The van der Waals surface area contributed by atoms with Gasteiger partial charge in [-0.25, -0.2) is 4.79 Å². The van der Waals surface area contributed by atoms with E-state index < -0.39 is 26.2 Å². The minimum absolute atomic E-state index is 0. The first-order valence-electron chi connectivity index (χ1n) is 1.43. The Labute approximate surface area is 84.8 Å². The number of carbonyl (C=O) groups is 1. The summed E-state index contributed by atoms with van der Waals surface area (Å²) in [6.45, 7) is 0. The van der Waals surface area contributed by atoms with Gasteiger partial charge < -0.3 is 11.6 Å². The fraction of sp³-hybridized carbons (Fsp3) is 0. The van der Waals surface area contributed by atoms with Crippen molar-refractivity contribution in [3.05, 3.63) is 0 Å². The zero-order valence-electron chi connectivity index (χ0n) is 6.00. The molecule has 0 saturated heterocycles. The second-order valence-corrected chi connectivity index (χ2v) is 3.73. The molecule has 10 heavy (non-hydrogen) atoms. The van der Waals surface area contributed by atoms with Crippen LogP contribution in [0.1, 0.15) is 1.43 Å². The summed E-state index contributed by atoms with van der Waals surface area (Å²) in [6, 6.07) is 0. The van der Waals surface area contributed by atoms with Crippen molar-refractivity contribution in [3.63, 3.8) is 0 Å². The van der Waals surface area contributed by atoms with Gasteiger partial charge in [-0.2, -0.15) is 0 Å². The minimum atomic E-state index is -5.35. The molecule has 58 valence electrons. The van der Waals surface area contributed by atoms with Crippen LogP contribution >= 0.6 is 0 Å². The average Bonchev–Trinajstić information content (AvgIpc) is 1.19. The zero-order valence-corrected chi connectivity index (χ0v) is 9.55. The van der Waals surface area contributed by atoms with Crippen LogP contribution in [-0.4, -0.2) is 46.6 Å². The van der Waals surface area contributed by atoms with Gasteiger partial charge in [-0.15, -0.1) is 0 Å². The Morgan fingerprint density at radius 1 is 1.20 bits per heavy atom. The van der Waals surface area contributed by atoms with Crippen molar-refractivity contribution in [1.82, 2.24) is 0 Å². The van der Waals surface area contributed by atoms with E-state index in [1.807, 2.05) is 0 Å². The Morgan fingerprint density at radius 3 is 1.20 bits per heavy atom. The third-order valence-corrected chi connectivity index (χ3v) is 0. The van der Waals surface area contributed by atoms with E-state index >= 15 is 0 Å². The molecule has 0 fully saturated rings. The first kappa shape index (κ1) is 17.0. The van der Waals surface area contributed by atoms with Crippen molar-refractivity contribution in [2.24, 2.45) is 0 Å². The fourth-order valence-corrected chi connectivity index (χ4v) is 0. The summed E-state index contributed by atoms with van der Waals surface area (Å²) < 4.78 is 30.8. The molecule has 9 heteroatoms.